The molecule has 0 saturated heterocycles. The third-order valence-electron chi connectivity index (χ3n) is 3.13. The molecule has 1 aromatic carbocycles. The molecule has 1 rings (SSSR count). The minimum Gasteiger partial charge on any atom is -0.466 e. The Hall–Kier alpha value is -1.49. The van der Waals surface area contributed by atoms with Gasteiger partial charge >= 0.3 is 5.97 Å². The second-order valence-corrected chi connectivity index (χ2v) is 4.48. The van der Waals surface area contributed by atoms with E-state index >= 15 is 0 Å². The average Bonchev–Trinajstić information content (AvgIpc) is 2.28. The maximum absolute atomic E-state index is 13.7. The highest BCUT2D eigenvalue weighted by Gasteiger charge is 2.40. The first kappa shape index (κ1) is 15.6. The van der Waals surface area contributed by atoms with E-state index in [2.05, 4.69) is 0 Å². The molecule has 2 atom stereocenters. The van der Waals surface area contributed by atoms with Gasteiger partial charge in [0.25, 0.3) is 0 Å². The molecule has 1 N–H and O–H groups in total. The summed E-state index contributed by atoms with van der Waals surface area (Å²) in [6, 6.07) is 2.87. The number of benzene rings is 1. The van der Waals surface area contributed by atoms with E-state index in [0.717, 1.165) is 12.1 Å². The third-order valence-corrected chi connectivity index (χ3v) is 3.13. The lowest BCUT2D eigenvalue weighted by Gasteiger charge is -2.31. The Balaban J connectivity index is 3.15. The second kappa shape index (κ2) is 6.10. The van der Waals surface area contributed by atoms with Crippen LogP contribution in [-0.2, 0) is 15.1 Å². The second-order valence-electron chi connectivity index (χ2n) is 4.48. The summed E-state index contributed by atoms with van der Waals surface area (Å²) in [4.78, 5) is 11.8. The van der Waals surface area contributed by atoms with Crippen molar-refractivity contribution in [1.29, 1.82) is 0 Å². The smallest absolute Gasteiger partial charge is 0.312 e. The van der Waals surface area contributed by atoms with Gasteiger partial charge in [-0.05, 0) is 26.3 Å². The van der Waals surface area contributed by atoms with E-state index in [1.165, 1.54) is 6.92 Å². The molecule has 0 fully saturated rings. The first-order valence-electron chi connectivity index (χ1n) is 6.19. The number of carbonyl (C=O) groups is 1. The largest absolute Gasteiger partial charge is 0.466 e. The Morgan fingerprint density at radius 2 is 2.05 bits per heavy atom. The molecule has 3 nitrogen and oxygen atoms in total. The van der Waals surface area contributed by atoms with Crippen LogP contribution in [0.2, 0.25) is 0 Å². The highest BCUT2D eigenvalue weighted by molar-refractivity contribution is 5.74. The minimum atomic E-state index is -1.75. The lowest BCUT2D eigenvalue weighted by atomic mass is 9.81. The molecule has 5 heteroatoms. The quantitative estimate of drug-likeness (QED) is 0.838. The molecule has 0 saturated carbocycles. The maximum atomic E-state index is 13.7. The monoisotopic (exact) mass is 272 g/mol. The lowest BCUT2D eigenvalue weighted by molar-refractivity contribution is -0.158. The summed E-state index contributed by atoms with van der Waals surface area (Å²) >= 11 is 0. The van der Waals surface area contributed by atoms with E-state index in [4.69, 9.17) is 4.74 Å². The zero-order valence-electron chi connectivity index (χ0n) is 11.2. The van der Waals surface area contributed by atoms with Crippen LogP contribution < -0.4 is 0 Å². The fourth-order valence-corrected chi connectivity index (χ4v) is 2.12. The van der Waals surface area contributed by atoms with Gasteiger partial charge in [-0.25, -0.2) is 8.78 Å². The van der Waals surface area contributed by atoms with Gasteiger partial charge in [-0.2, -0.15) is 0 Å². The summed E-state index contributed by atoms with van der Waals surface area (Å²) in [6.45, 7) is 4.85. The maximum Gasteiger partial charge on any atom is 0.312 e. The summed E-state index contributed by atoms with van der Waals surface area (Å²) in [5, 5.41) is 10.5. The van der Waals surface area contributed by atoms with Gasteiger partial charge in [0.05, 0.1) is 12.5 Å². The molecule has 0 radical (unpaired) electrons. The van der Waals surface area contributed by atoms with Crippen LogP contribution in [0.3, 0.4) is 0 Å². The number of hydrogen-bond acceptors (Lipinski definition) is 3. The van der Waals surface area contributed by atoms with Crippen LogP contribution in [0.5, 0.6) is 0 Å². The van der Waals surface area contributed by atoms with Crippen molar-refractivity contribution in [2.75, 3.05) is 6.61 Å². The molecule has 19 heavy (non-hydrogen) atoms. The molecule has 0 aliphatic carbocycles. The molecule has 2 unspecified atom stereocenters. The number of rotatable bonds is 5. The standard InChI is InChI=1S/C14H18F2O3/c1-4-10(13(17)19-5-2)14(3,18)11-7-6-9(15)8-12(11)16/h6-8,10,18H,4-5H2,1-3H3. The molecule has 0 bridgehead atoms. The predicted molar refractivity (Wildman–Crippen MR) is 66.3 cm³/mol. The number of esters is 1. The molecule has 1 aromatic rings. The normalized spacial score (nSPS) is 15.7. The number of ether oxygens (including phenoxy) is 1. The van der Waals surface area contributed by atoms with Gasteiger partial charge in [0.2, 0.25) is 0 Å². The van der Waals surface area contributed by atoms with Crippen molar-refractivity contribution in [2.45, 2.75) is 32.8 Å². The van der Waals surface area contributed by atoms with Gasteiger partial charge in [-0.15, -0.1) is 0 Å². The van der Waals surface area contributed by atoms with Crippen LogP contribution in [0.4, 0.5) is 8.78 Å². The van der Waals surface area contributed by atoms with Crippen LogP contribution >= 0.6 is 0 Å². The van der Waals surface area contributed by atoms with Gasteiger partial charge in [0.1, 0.15) is 17.2 Å². The van der Waals surface area contributed by atoms with Crippen LogP contribution in [0.1, 0.15) is 32.8 Å². The Morgan fingerprint density at radius 3 is 2.53 bits per heavy atom. The molecule has 0 aliphatic heterocycles. The molecule has 106 valence electrons. The summed E-state index contributed by atoms with van der Waals surface area (Å²) in [5.74, 6) is -3.12. The van der Waals surface area contributed by atoms with Crippen molar-refractivity contribution in [3.8, 4) is 0 Å². The van der Waals surface area contributed by atoms with Gasteiger partial charge in [-0.3, -0.25) is 4.79 Å². The van der Waals surface area contributed by atoms with Gasteiger partial charge in [0, 0.05) is 11.6 Å². The van der Waals surface area contributed by atoms with Gasteiger partial charge in [-0.1, -0.05) is 13.0 Å². The molecule has 0 aromatic heterocycles. The lowest BCUT2D eigenvalue weighted by Crippen LogP contribution is -2.38. The van der Waals surface area contributed by atoms with E-state index in [-0.39, 0.29) is 18.6 Å². The van der Waals surface area contributed by atoms with Crippen LogP contribution in [0, 0.1) is 17.6 Å². The van der Waals surface area contributed by atoms with E-state index in [1.54, 1.807) is 13.8 Å². The van der Waals surface area contributed by atoms with Crippen molar-refractivity contribution < 1.29 is 23.4 Å². The zero-order valence-corrected chi connectivity index (χ0v) is 11.2. The topological polar surface area (TPSA) is 46.5 Å². The van der Waals surface area contributed by atoms with Gasteiger partial charge in [0.15, 0.2) is 0 Å². The molecular weight excluding hydrogens is 254 g/mol. The molecule has 0 spiro atoms. The Labute approximate surface area is 111 Å². The number of aliphatic hydroxyl groups is 1. The molecular formula is C14H18F2O3. The Kier molecular flexibility index (Phi) is 5.00. The van der Waals surface area contributed by atoms with Gasteiger partial charge < -0.3 is 9.84 Å². The molecule has 0 amide bonds. The summed E-state index contributed by atoms with van der Waals surface area (Å²) in [7, 11) is 0. The fraction of sp³-hybridized carbons (Fsp3) is 0.500. The van der Waals surface area contributed by atoms with Crippen molar-refractivity contribution in [1.82, 2.24) is 0 Å². The first-order valence-corrected chi connectivity index (χ1v) is 6.19. The zero-order chi connectivity index (χ0) is 14.6. The van der Waals surface area contributed by atoms with Crippen molar-refractivity contribution in [2.24, 2.45) is 5.92 Å². The summed E-state index contributed by atoms with van der Waals surface area (Å²) < 4.78 is 31.5. The summed E-state index contributed by atoms with van der Waals surface area (Å²) in [6.07, 6.45) is 0.280. The summed E-state index contributed by atoms with van der Waals surface area (Å²) in [5.41, 5.74) is -1.87. The van der Waals surface area contributed by atoms with E-state index in [0.29, 0.717) is 6.07 Å². The van der Waals surface area contributed by atoms with E-state index < -0.39 is 29.1 Å². The SMILES string of the molecule is CCOC(=O)C(CC)C(C)(O)c1ccc(F)cc1F. The Morgan fingerprint density at radius 1 is 1.42 bits per heavy atom. The number of carbonyl (C=O) groups excluding carboxylic acids is 1. The third kappa shape index (κ3) is 3.29. The van der Waals surface area contributed by atoms with E-state index in [9.17, 15) is 18.7 Å². The van der Waals surface area contributed by atoms with E-state index in [1.807, 2.05) is 0 Å². The highest BCUT2D eigenvalue weighted by Crippen LogP contribution is 2.34. The number of hydrogen-bond donors (Lipinski definition) is 1. The Bertz CT molecular complexity index is 458. The predicted octanol–water partition coefficient (Wildman–Crippen LogP) is 2.76. The first-order chi connectivity index (χ1) is 8.84. The fourth-order valence-electron chi connectivity index (χ4n) is 2.12. The van der Waals surface area contributed by atoms with Crippen LogP contribution in [-0.4, -0.2) is 17.7 Å². The van der Waals surface area contributed by atoms with Crippen molar-refractivity contribution >= 4 is 5.97 Å². The van der Waals surface area contributed by atoms with Crippen molar-refractivity contribution in [3.05, 3.63) is 35.4 Å². The molecule has 0 aliphatic rings. The average molecular weight is 272 g/mol. The molecule has 0 heterocycles. The number of halogens is 2. The van der Waals surface area contributed by atoms with Crippen LogP contribution in [0.25, 0.3) is 0 Å². The van der Waals surface area contributed by atoms with Crippen molar-refractivity contribution in [3.63, 3.8) is 0 Å². The minimum absolute atomic E-state index is 0.117. The highest BCUT2D eigenvalue weighted by atomic mass is 19.1. The van der Waals surface area contributed by atoms with Crippen LogP contribution in [0.15, 0.2) is 18.2 Å².